The standard InChI is InChI=1S/C13H11F2NO3/c1-3-18-13(17)11-7(2)19-12(16-11)8-4-9(14)6-10(15)5-8/h4-6H,3H2,1-2H3. The summed E-state index contributed by atoms with van der Waals surface area (Å²) in [5.74, 6) is -1.92. The zero-order chi connectivity index (χ0) is 14.0. The molecule has 1 aromatic heterocycles. The van der Waals surface area contributed by atoms with Crippen LogP contribution in [0.4, 0.5) is 8.78 Å². The molecule has 0 aliphatic rings. The number of nitrogens with zero attached hydrogens (tertiary/aromatic N) is 1. The second kappa shape index (κ2) is 5.17. The van der Waals surface area contributed by atoms with Gasteiger partial charge in [0.25, 0.3) is 0 Å². The SMILES string of the molecule is CCOC(=O)c1nc(-c2cc(F)cc(F)c2)oc1C. The molecule has 0 aliphatic carbocycles. The van der Waals surface area contributed by atoms with Gasteiger partial charge in [-0.15, -0.1) is 0 Å². The van der Waals surface area contributed by atoms with Crippen molar-refractivity contribution in [3.05, 3.63) is 41.3 Å². The fraction of sp³-hybridized carbons (Fsp3) is 0.231. The lowest BCUT2D eigenvalue weighted by molar-refractivity contribution is 0.0518. The summed E-state index contributed by atoms with van der Waals surface area (Å²) in [6, 6.07) is 2.89. The summed E-state index contributed by atoms with van der Waals surface area (Å²) in [5.41, 5.74) is 0.123. The third kappa shape index (κ3) is 2.78. The van der Waals surface area contributed by atoms with Gasteiger partial charge >= 0.3 is 5.97 Å². The molecule has 0 fully saturated rings. The first-order valence-electron chi connectivity index (χ1n) is 5.62. The Morgan fingerprint density at radius 1 is 1.32 bits per heavy atom. The zero-order valence-corrected chi connectivity index (χ0v) is 10.4. The van der Waals surface area contributed by atoms with Crippen molar-refractivity contribution < 1.29 is 22.7 Å². The van der Waals surface area contributed by atoms with Crippen LogP contribution >= 0.6 is 0 Å². The van der Waals surface area contributed by atoms with Crippen molar-refractivity contribution in [2.75, 3.05) is 6.61 Å². The topological polar surface area (TPSA) is 52.3 Å². The molecule has 0 radical (unpaired) electrons. The summed E-state index contributed by atoms with van der Waals surface area (Å²) < 4.78 is 36.2. The van der Waals surface area contributed by atoms with Gasteiger partial charge in [-0.3, -0.25) is 0 Å². The monoisotopic (exact) mass is 267 g/mol. The summed E-state index contributed by atoms with van der Waals surface area (Å²) in [4.78, 5) is 15.5. The minimum absolute atomic E-state index is 0.00141. The number of carbonyl (C=O) groups is 1. The van der Waals surface area contributed by atoms with Crippen LogP contribution in [0.1, 0.15) is 23.2 Å². The minimum Gasteiger partial charge on any atom is -0.461 e. The molecular formula is C13H11F2NO3. The molecule has 1 heterocycles. The van der Waals surface area contributed by atoms with Crippen molar-refractivity contribution in [2.45, 2.75) is 13.8 Å². The quantitative estimate of drug-likeness (QED) is 0.802. The van der Waals surface area contributed by atoms with E-state index in [9.17, 15) is 13.6 Å². The lowest BCUT2D eigenvalue weighted by Gasteiger charge is -1.97. The highest BCUT2D eigenvalue weighted by Gasteiger charge is 2.19. The summed E-state index contributed by atoms with van der Waals surface area (Å²) in [6.07, 6.45) is 0. The lowest BCUT2D eigenvalue weighted by Crippen LogP contribution is -2.06. The number of ether oxygens (including phenoxy) is 1. The second-order valence-electron chi connectivity index (χ2n) is 3.80. The van der Waals surface area contributed by atoms with E-state index in [1.807, 2.05) is 0 Å². The Bertz CT molecular complexity index is 602. The highest BCUT2D eigenvalue weighted by Crippen LogP contribution is 2.23. The highest BCUT2D eigenvalue weighted by molar-refractivity contribution is 5.88. The number of esters is 1. The van der Waals surface area contributed by atoms with Crippen LogP contribution in [-0.2, 0) is 4.74 Å². The highest BCUT2D eigenvalue weighted by atomic mass is 19.1. The molecular weight excluding hydrogens is 256 g/mol. The molecule has 1 aromatic carbocycles. The van der Waals surface area contributed by atoms with Crippen LogP contribution in [0.3, 0.4) is 0 Å². The van der Waals surface area contributed by atoms with Gasteiger partial charge in [0.2, 0.25) is 5.89 Å². The normalized spacial score (nSPS) is 10.5. The van der Waals surface area contributed by atoms with Gasteiger partial charge in [0.15, 0.2) is 5.69 Å². The third-order valence-corrected chi connectivity index (χ3v) is 2.37. The molecule has 4 nitrogen and oxygen atoms in total. The first-order chi connectivity index (χ1) is 9.01. The van der Waals surface area contributed by atoms with Crippen LogP contribution in [0.25, 0.3) is 11.5 Å². The maximum absolute atomic E-state index is 13.1. The van der Waals surface area contributed by atoms with Gasteiger partial charge in [0.05, 0.1) is 6.61 Å². The summed E-state index contributed by atoms with van der Waals surface area (Å²) in [5, 5.41) is 0. The van der Waals surface area contributed by atoms with E-state index >= 15 is 0 Å². The molecule has 0 unspecified atom stereocenters. The largest absolute Gasteiger partial charge is 0.461 e. The minimum atomic E-state index is -0.747. The Morgan fingerprint density at radius 3 is 2.53 bits per heavy atom. The number of aromatic nitrogens is 1. The Labute approximate surface area is 108 Å². The zero-order valence-electron chi connectivity index (χ0n) is 10.4. The molecule has 0 aliphatic heterocycles. The number of aryl methyl sites for hydroxylation is 1. The molecule has 0 N–H and O–H groups in total. The van der Waals surface area contributed by atoms with Crippen LogP contribution in [-0.4, -0.2) is 17.6 Å². The summed E-state index contributed by atoms with van der Waals surface area (Å²) in [6.45, 7) is 3.39. The second-order valence-corrected chi connectivity index (χ2v) is 3.80. The molecule has 0 amide bonds. The van der Waals surface area contributed by atoms with E-state index in [0.717, 1.165) is 18.2 Å². The Morgan fingerprint density at radius 2 is 1.95 bits per heavy atom. The average molecular weight is 267 g/mol. The number of carbonyl (C=O) groups excluding carboxylic acids is 1. The van der Waals surface area contributed by atoms with Crippen molar-refractivity contribution >= 4 is 5.97 Å². The average Bonchev–Trinajstić information content (AvgIpc) is 2.70. The van der Waals surface area contributed by atoms with Gasteiger partial charge in [0.1, 0.15) is 17.4 Å². The van der Waals surface area contributed by atoms with Gasteiger partial charge in [-0.05, 0) is 26.0 Å². The molecule has 0 saturated carbocycles. The lowest BCUT2D eigenvalue weighted by atomic mass is 10.2. The molecule has 0 atom stereocenters. The predicted octanol–water partition coefficient (Wildman–Crippen LogP) is 3.10. The Balaban J connectivity index is 2.41. The number of hydrogen-bond donors (Lipinski definition) is 0. The van der Waals surface area contributed by atoms with E-state index in [4.69, 9.17) is 9.15 Å². The van der Waals surface area contributed by atoms with Crippen molar-refractivity contribution in [3.8, 4) is 11.5 Å². The smallest absolute Gasteiger partial charge is 0.360 e. The van der Waals surface area contributed by atoms with Crippen LogP contribution in [0.15, 0.2) is 22.6 Å². The molecule has 19 heavy (non-hydrogen) atoms. The van der Waals surface area contributed by atoms with E-state index < -0.39 is 17.6 Å². The Kier molecular flexibility index (Phi) is 3.59. The molecule has 2 aromatic rings. The molecule has 0 saturated heterocycles. The van der Waals surface area contributed by atoms with E-state index in [-0.39, 0.29) is 29.5 Å². The number of halogens is 2. The van der Waals surface area contributed by atoms with Gasteiger partial charge in [0, 0.05) is 11.6 Å². The maximum Gasteiger partial charge on any atom is 0.360 e. The fourth-order valence-electron chi connectivity index (χ4n) is 1.59. The van der Waals surface area contributed by atoms with E-state index in [1.54, 1.807) is 6.92 Å². The number of benzene rings is 1. The van der Waals surface area contributed by atoms with Gasteiger partial charge in [-0.25, -0.2) is 18.6 Å². The first-order valence-corrected chi connectivity index (χ1v) is 5.62. The first kappa shape index (κ1) is 13.2. The number of hydrogen-bond acceptors (Lipinski definition) is 4. The fourth-order valence-corrected chi connectivity index (χ4v) is 1.59. The van der Waals surface area contributed by atoms with Crippen molar-refractivity contribution in [1.82, 2.24) is 4.98 Å². The van der Waals surface area contributed by atoms with E-state index in [2.05, 4.69) is 4.98 Å². The maximum atomic E-state index is 13.1. The van der Waals surface area contributed by atoms with Crippen LogP contribution in [0.5, 0.6) is 0 Å². The molecule has 0 bridgehead atoms. The predicted molar refractivity (Wildman–Crippen MR) is 62.5 cm³/mol. The molecule has 2 rings (SSSR count). The van der Waals surface area contributed by atoms with Crippen molar-refractivity contribution in [3.63, 3.8) is 0 Å². The molecule has 100 valence electrons. The van der Waals surface area contributed by atoms with Gasteiger partial charge in [-0.2, -0.15) is 0 Å². The summed E-state index contributed by atoms with van der Waals surface area (Å²) in [7, 11) is 0. The van der Waals surface area contributed by atoms with E-state index in [1.165, 1.54) is 6.92 Å². The number of rotatable bonds is 3. The van der Waals surface area contributed by atoms with Crippen molar-refractivity contribution in [2.24, 2.45) is 0 Å². The van der Waals surface area contributed by atoms with Gasteiger partial charge in [-0.1, -0.05) is 0 Å². The number of oxazole rings is 1. The summed E-state index contributed by atoms with van der Waals surface area (Å²) >= 11 is 0. The molecule has 0 spiro atoms. The van der Waals surface area contributed by atoms with E-state index in [0.29, 0.717) is 0 Å². The van der Waals surface area contributed by atoms with Crippen molar-refractivity contribution in [1.29, 1.82) is 0 Å². The molecule has 6 heteroatoms. The third-order valence-electron chi connectivity index (χ3n) is 2.37. The van der Waals surface area contributed by atoms with Crippen LogP contribution in [0.2, 0.25) is 0 Å². The van der Waals surface area contributed by atoms with Gasteiger partial charge < -0.3 is 9.15 Å². The Hall–Kier alpha value is -2.24. The van der Waals surface area contributed by atoms with Crippen LogP contribution in [0, 0.1) is 18.6 Å². The van der Waals surface area contributed by atoms with Crippen LogP contribution < -0.4 is 0 Å².